The molecule has 0 aliphatic carbocycles. The Balaban J connectivity index is 2.40. The number of benzene rings is 1. The maximum atomic E-state index is 10.7. The van der Waals surface area contributed by atoms with Gasteiger partial charge in [0.15, 0.2) is 0 Å². The van der Waals surface area contributed by atoms with E-state index in [1.165, 1.54) is 5.69 Å². The van der Waals surface area contributed by atoms with Crippen molar-refractivity contribution in [2.24, 2.45) is 0 Å². The number of aldehydes is 1. The van der Waals surface area contributed by atoms with E-state index < -0.39 is 0 Å². The summed E-state index contributed by atoms with van der Waals surface area (Å²) < 4.78 is 0. The second kappa shape index (κ2) is 3.93. The van der Waals surface area contributed by atoms with Crippen LogP contribution in [-0.4, -0.2) is 25.4 Å². The van der Waals surface area contributed by atoms with Crippen LogP contribution in [0.2, 0.25) is 0 Å². The van der Waals surface area contributed by atoms with E-state index in [1.54, 1.807) is 0 Å². The molecule has 0 fully saturated rings. The molecule has 0 saturated carbocycles. The zero-order chi connectivity index (χ0) is 10.8. The topological polar surface area (TPSA) is 32.3 Å². The van der Waals surface area contributed by atoms with Gasteiger partial charge in [0.1, 0.15) is 6.29 Å². The van der Waals surface area contributed by atoms with Crippen molar-refractivity contribution in [3.8, 4) is 0 Å². The van der Waals surface area contributed by atoms with E-state index in [0.717, 1.165) is 30.6 Å². The van der Waals surface area contributed by atoms with Gasteiger partial charge in [0.05, 0.1) is 11.4 Å². The first-order valence-electron chi connectivity index (χ1n) is 5.32. The number of fused-ring (bicyclic) bond motifs is 1. The number of anilines is 2. The van der Waals surface area contributed by atoms with Crippen molar-refractivity contribution in [2.75, 3.05) is 23.3 Å². The number of nitrogens with zero attached hydrogens (tertiary/aromatic N) is 1. The minimum atomic E-state index is 0.493. The minimum absolute atomic E-state index is 0.493. The van der Waals surface area contributed by atoms with Gasteiger partial charge in [0.2, 0.25) is 0 Å². The minimum Gasteiger partial charge on any atom is -0.382 e. The summed E-state index contributed by atoms with van der Waals surface area (Å²) in [5, 5.41) is 3.32. The second-order valence-corrected chi connectivity index (χ2v) is 4.11. The summed E-state index contributed by atoms with van der Waals surface area (Å²) in [5.41, 5.74) is 2.99. The smallest absolute Gasteiger partial charge is 0.150 e. The van der Waals surface area contributed by atoms with Crippen molar-refractivity contribution in [2.45, 2.75) is 19.9 Å². The highest BCUT2D eigenvalue weighted by molar-refractivity contribution is 5.82. The predicted octanol–water partition coefficient (Wildman–Crippen LogP) is 2.14. The van der Waals surface area contributed by atoms with Crippen LogP contribution in [0.3, 0.4) is 0 Å². The van der Waals surface area contributed by atoms with Crippen molar-refractivity contribution in [3.63, 3.8) is 0 Å². The van der Waals surface area contributed by atoms with Crippen LogP contribution in [0.25, 0.3) is 0 Å². The lowest BCUT2D eigenvalue weighted by Crippen LogP contribution is -2.38. The Morgan fingerprint density at radius 2 is 2.27 bits per heavy atom. The molecule has 0 bridgehead atoms. The van der Waals surface area contributed by atoms with Crippen molar-refractivity contribution >= 4 is 17.7 Å². The third-order valence-electron chi connectivity index (χ3n) is 2.76. The SMILES string of the molecule is CC(C)N1CCNc2cc(C=O)ccc21. The first-order valence-corrected chi connectivity index (χ1v) is 5.32. The molecular weight excluding hydrogens is 188 g/mol. The average Bonchev–Trinajstić information content (AvgIpc) is 2.27. The van der Waals surface area contributed by atoms with Crippen LogP contribution in [0.5, 0.6) is 0 Å². The summed E-state index contributed by atoms with van der Waals surface area (Å²) in [4.78, 5) is 13.0. The van der Waals surface area contributed by atoms with Crippen LogP contribution < -0.4 is 10.2 Å². The highest BCUT2D eigenvalue weighted by Crippen LogP contribution is 2.30. The van der Waals surface area contributed by atoms with Crippen molar-refractivity contribution < 1.29 is 4.79 Å². The monoisotopic (exact) mass is 204 g/mol. The Morgan fingerprint density at radius 3 is 2.93 bits per heavy atom. The van der Waals surface area contributed by atoms with Gasteiger partial charge in [-0.05, 0) is 32.0 Å². The maximum Gasteiger partial charge on any atom is 0.150 e. The van der Waals surface area contributed by atoms with Gasteiger partial charge in [-0.25, -0.2) is 0 Å². The summed E-state index contributed by atoms with van der Waals surface area (Å²) >= 11 is 0. The summed E-state index contributed by atoms with van der Waals surface area (Å²) in [7, 11) is 0. The molecule has 1 heterocycles. The molecule has 0 aromatic heterocycles. The number of rotatable bonds is 2. The molecule has 3 heteroatoms. The second-order valence-electron chi connectivity index (χ2n) is 4.11. The highest BCUT2D eigenvalue weighted by Gasteiger charge is 2.18. The summed E-state index contributed by atoms with van der Waals surface area (Å²) in [5.74, 6) is 0. The Bertz CT molecular complexity index is 374. The maximum absolute atomic E-state index is 10.7. The fourth-order valence-corrected chi connectivity index (χ4v) is 1.99. The van der Waals surface area contributed by atoms with Crippen LogP contribution in [0.1, 0.15) is 24.2 Å². The average molecular weight is 204 g/mol. The molecule has 2 rings (SSSR count). The zero-order valence-corrected chi connectivity index (χ0v) is 9.16. The van der Waals surface area contributed by atoms with Gasteiger partial charge in [0, 0.05) is 24.7 Å². The molecule has 3 nitrogen and oxygen atoms in total. The fraction of sp³-hybridized carbons (Fsp3) is 0.417. The van der Waals surface area contributed by atoms with Crippen LogP contribution in [-0.2, 0) is 0 Å². The third-order valence-corrected chi connectivity index (χ3v) is 2.76. The lowest BCUT2D eigenvalue weighted by atomic mass is 10.1. The van der Waals surface area contributed by atoms with Gasteiger partial charge in [-0.3, -0.25) is 4.79 Å². The van der Waals surface area contributed by atoms with Crippen molar-refractivity contribution in [1.29, 1.82) is 0 Å². The lowest BCUT2D eigenvalue weighted by molar-refractivity contribution is 0.112. The lowest BCUT2D eigenvalue weighted by Gasteiger charge is -2.35. The fourth-order valence-electron chi connectivity index (χ4n) is 1.99. The first-order chi connectivity index (χ1) is 7.22. The van der Waals surface area contributed by atoms with Crippen LogP contribution >= 0.6 is 0 Å². The van der Waals surface area contributed by atoms with E-state index in [9.17, 15) is 4.79 Å². The van der Waals surface area contributed by atoms with Crippen LogP contribution in [0, 0.1) is 0 Å². The quantitative estimate of drug-likeness (QED) is 0.749. The molecule has 15 heavy (non-hydrogen) atoms. The predicted molar refractivity (Wildman–Crippen MR) is 62.8 cm³/mol. The van der Waals surface area contributed by atoms with Gasteiger partial charge in [-0.15, -0.1) is 0 Å². The van der Waals surface area contributed by atoms with Gasteiger partial charge in [0.25, 0.3) is 0 Å². The first kappa shape index (κ1) is 10.0. The number of hydrogen-bond acceptors (Lipinski definition) is 3. The summed E-state index contributed by atoms with van der Waals surface area (Å²) in [6.07, 6.45) is 0.885. The Kier molecular flexibility index (Phi) is 2.62. The standard InChI is InChI=1S/C12H16N2O/c1-9(2)14-6-5-13-11-7-10(8-15)3-4-12(11)14/h3-4,7-9,13H,5-6H2,1-2H3. The molecule has 80 valence electrons. The molecule has 0 radical (unpaired) electrons. The Hall–Kier alpha value is -1.51. The molecule has 0 spiro atoms. The van der Waals surface area contributed by atoms with Crippen molar-refractivity contribution in [1.82, 2.24) is 0 Å². The molecule has 1 N–H and O–H groups in total. The van der Waals surface area contributed by atoms with E-state index in [4.69, 9.17) is 0 Å². The van der Waals surface area contributed by atoms with Crippen LogP contribution in [0.4, 0.5) is 11.4 Å². The molecule has 0 saturated heterocycles. The van der Waals surface area contributed by atoms with E-state index in [1.807, 2.05) is 18.2 Å². The number of nitrogens with one attached hydrogen (secondary N) is 1. The number of carbonyl (C=O) groups excluding carboxylic acids is 1. The molecule has 0 atom stereocenters. The number of hydrogen-bond donors (Lipinski definition) is 1. The normalized spacial score (nSPS) is 14.7. The van der Waals surface area contributed by atoms with E-state index >= 15 is 0 Å². The Labute approximate surface area is 90.1 Å². The van der Waals surface area contributed by atoms with Gasteiger partial charge in [-0.2, -0.15) is 0 Å². The van der Waals surface area contributed by atoms with Crippen molar-refractivity contribution in [3.05, 3.63) is 23.8 Å². The summed E-state index contributed by atoms with van der Waals surface area (Å²) in [6.45, 7) is 6.32. The van der Waals surface area contributed by atoms with Gasteiger partial charge in [-0.1, -0.05) is 0 Å². The van der Waals surface area contributed by atoms with E-state index in [2.05, 4.69) is 24.1 Å². The van der Waals surface area contributed by atoms with Gasteiger partial charge < -0.3 is 10.2 Å². The van der Waals surface area contributed by atoms with Gasteiger partial charge >= 0.3 is 0 Å². The number of carbonyl (C=O) groups is 1. The highest BCUT2D eigenvalue weighted by atomic mass is 16.1. The molecule has 1 aliphatic rings. The molecule has 1 aliphatic heterocycles. The molecule has 0 amide bonds. The van der Waals surface area contributed by atoms with E-state index in [-0.39, 0.29) is 0 Å². The molecule has 1 aromatic rings. The van der Waals surface area contributed by atoms with Crippen LogP contribution in [0.15, 0.2) is 18.2 Å². The largest absolute Gasteiger partial charge is 0.382 e. The zero-order valence-electron chi connectivity index (χ0n) is 9.16. The third kappa shape index (κ3) is 1.82. The van der Waals surface area contributed by atoms with E-state index in [0.29, 0.717) is 6.04 Å². The Morgan fingerprint density at radius 1 is 1.47 bits per heavy atom. The molecule has 0 unspecified atom stereocenters. The molecule has 1 aromatic carbocycles. The molecular formula is C12H16N2O. The summed E-state index contributed by atoms with van der Waals surface area (Å²) in [6, 6.07) is 6.30.